The summed E-state index contributed by atoms with van der Waals surface area (Å²) in [6.45, 7) is 1.37. The zero-order valence-corrected chi connectivity index (χ0v) is 8.51. The lowest BCUT2D eigenvalue weighted by atomic mass is 10.1. The number of hydrogen-bond donors (Lipinski definition) is 1. The number of para-hydroxylation sites is 1. The van der Waals surface area contributed by atoms with Crippen molar-refractivity contribution in [2.45, 2.75) is 13.0 Å². The van der Waals surface area contributed by atoms with Crippen LogP contribution >= 0.6 is 0 Å². The minimum absolute atomic E-state index is 0.264. The van der Waals surface area contributed by atoms with Gasteiger partial charge in [-0.3, -0.25) is 14.5 Å². The van der Waals surface area contributed by atoms with Gasteiger partial charge in [0.1, 0.15) is 6.04 Å². The van der Waals surface area contributed by atoms with Crippen molar-refractivity contribution in [1.82, 2.24) is 0 Å². The van der Waals surface area contributed by atoms with Crippen LogP contribution in [0.2, 0.25) is 0 Å². The maximum Gasteiger partial charge on any atom is 0.326 e. The molecule has 1 aliphatic rings. The van der Waals surface area contributed by atoms with Gasteiger partial charge in [-0.15, -0.1) is 0 Å². The van der Waals surface area contributed by atoms with Crippen LogP contribution in [0.5, 0.6) is 0 Å². The van der Waals surface area contributed by atoms with E-state index in [1.807, 2.05) is 0 Å². The number of aliphatic carboxylic acids is 1. The van der Waals surface area contributed by atoms with Gasteiger partial charge in [-0.05, 0) is 19.1 Å². The predicted octanol–water partition coefficient (Wildman–Crippen LogP) is 0.689. The summed E-state index contributed by atoms with van der Waals surface area (Å²) >= 11 is 0. The molecule has 0 radical (unpaired) electrons. The highest BCUT2D eigenvalue weighted by Gasteiger charge is 2.40. The third kappa shape index (κ3) is 1.29. The number of Topliss-reactive ketones (excluding diaryl/α,β-unsaturated/α-hetero) is 1. The Kier molecular flexibility index (Phi) is 2.23. The van der Waals surface area contributed by atoms with Crippen molar-refractivity contribution >= 4 is 23.3 Å². The summed E-state index contributed by atoms with van der Waals surface area (Å²) in [5.41, 5.74) is 0.632. The van der Waals surface area contributed by atoms with Gasteiger partial charge < -0.3 is 5.11 Å². The molecule has 0 saturated heterocycles. The average Bonchev–Trinajstić information content (AvgIpc) is 2.52. The van der Waals surface area contributed by atoms with E-state index in [2.05, 4.69) is 0 Å². The van der Waals surface area contributed by atoms with Crippen molar-refractivity contribution < 1.29 is 19.5 Å². The molecule has 0 bridgehead atoms. The van der Waals surface area contributed by atoms with Gasteiger partial charge in [-0.2, -0.15) is 0 Å². The van der Waals surface area contributed by atoms with Crippen LogP contribution in [-0.2, 0) is 9.59 Å². The monoisotopic (exact) mass is 219 g/mol. The van der Waals surface area contributed by atoms with E-state index in [4.69, 9.17) is 5.11 Å². The molecule has 1 aliphatic heterocycles. The summed E-state index contributed by atoms with van der Waals surface area (Å²) in [4.78, 5) is 35.0. The van der Waals surface area contributed by atoms with Crippen LogP contribution in [0, 0.1) is 0 Å². The molecule has 1 aromatic rings. The van der Waals surface area contributed by atoms with Gasteiger partial charge in [0.05, 0.1) is 11.3 Å². The molecule has 5 heteroatoms. The number of rotatable bonds is 2. The Hall–Kier alpha value is -2.17. The molecule has 5 nitrogen and oxygen atoms in total. The SMILES string of the molecule is C[C@H](C(=O)O)N1C(=O)C(=O)c2ccccc21. The van der Waals surface area contributed by atoms with Crippen molar-refractivity contribution in [3.8, 4) is 0 Å². The Morgan fingerprint density at radius 1 is 1.31 bits per heavy atom. The van der Waals surface area contributed by atoms with Crippen LogP contribution in [0.3, 0.4) is 0 Å². The molecule has 16 heavy (non-hydrogen) atoms. The molecule has 0 fully saturated rings. The lowest BCUT2D eigenvalue weighted by Gasteiger charge is -2.20. The van der Waals surface area contributed by atoms with Crippen molar-refractivity contribution in [1.29, 1.82) is 0 Å². The molecule has 1 N–H and O–H groups in total. The summed E-state index contributed by atoms with van der Waals surface area (Å²) in [5, 5.41) is 8.87. The van der Waals surface area contributed by atoms with E-state index in [1.54, 1.807) is 18.2 Å². The average molecular weight is 219 g/mol. The maximum atomic E-state index is 11.6. The third-order valence-electron chi connectivity index (χ3n) is 2.57. The normalized spacial score (nSPS) is 16.2. The summed E-state index contributed by atoms with van der Waals surface area (Å²) in [5.74, 6) is -2.57. The van der Waals surface area contributed by atoms with E-state index in [1.165, 1.54) is 13.0 Å². The molecule has 0 spiro atoms. The van der Waals surface area contributed by atoms with E-state index < -0.39 is 23.7 Å². The van der Waals surface area contributed by atoms with E-state index in [9.17, 15) is 14.4 Å². The fourth-order valence-corrected chi connectivity index (χ4v) is 1.70. The zero-order valence-electron chi connectivity index (χ0n) is 8.51. The minimum atomic E-state index is -1.14. The topological polar surface area (TPSA) is 74.7 Å². The van der Waals surface area contributed by atoms with E-state index >= 15 is 0 Å². The van der Waals surface area contributed by atoms with Crippen LogP contribution in [0.1, 0.15) is 17.3 Å². The Morgan fingerprint density at radius 3 is 2.56 bits per heavy atom. The second-order valence-electron chi connectivity index (χ2n) is 3.54. The molecule has 0 unspecified atom stereocenters. The molecular formula is C11H9NO4. The number of fused-ring (bicyclic) bond motifs is 1. The largest absolute Gasteiger partial charge is 0.480 e. The molecule has 0 aromatic heterocycles. The molecule has 1 atom stereocenters. The van der Waals surface area contributed by atoms with Crippen molar-refractivity contribution in [2.75, 3.05) is 4.90 Å². The van der Waals surface area contributed by atoms with Crippen LogP contribution in [0.25, 0.3) is 0 Å². The first kappa shape index (κ1) is 10.4. The Labute approximate surface area is 91.3 Å². The number of hydrogen-bond acceptors (Lipinski definition) is 3. The van der Waals surface area contributed by atoms with Crippen LogP contribution < -0.4 is 4.90 Å². The molecule has 1 heterocycles. The first-order chi connectivity index (χ1) is 7.54. The van der Waals surface area contributed by atoms with Gasteiger partial charge in [0.25, 0.3) is 11.7 Å². The van der Waals surface area contributed by atoms with E-state index in [-0.39, 0.29) is 5.56 Å². The predicted molar refractivity (Wildman–Crippen MR) is 55.4 cm³/mol. The summed E-state index contributed by atoms with van der Waals surface area (Å²) in [7, 11) is 0. The number of anilines is 1. The van der Waals surface area contributed by atoms with Crippen LogP contribution in [-0.4, -0.2) is 28.8 Å². The quantitative estimate of drug-likeness (QED) is 0.742. The first-order valence-corrected chi connectivity index (χ1v) is 4.73. The lowest BCUT2D eigenvalue weighted by molar-refractivity contribution is -0.139. The fourth-order valence-electron chi connectivity index (χ4n) is 1.70. The number of benzene rings is 1. The van der Waals surface area contributed by atoms with E-state index in [0.717, 1.165) is 4.90 Å². The van der Waals surface area contributed by atoms with Gasteiger partial charge in [0, 0.05) is 0 Å². The lowest BCUT2D eigenvalue weighted by Crippen LogP contribution is -2.42. The molecule has 1 aromatic carbocycles. The highest BCUT2D eigenvalue weighted by molar-refractivity contribution is 6.52. The highest BCUT2D eigenvalue weighted by Crippen LogP contribution is 2.30. The smallest absolute Gasteiger partial charge is 0.326 e. The van der Waals surface area contributed by atoms with Crippen molar-refractivity contribution in [3.63, 3.8) is 0 Å². The number of carbonyl (C=O) groups excluding carboxylic acids is 2. The maximum absolute atomic E-state index is 11.6. The molecule has 0 saturated carbocycles. The number of amides is 1. The second-order valence-corrected chi connectivity index (χ2v) is 3.54. The molecule has 1 amide bonds. The summed E-state index contributed by atoms with van der Waals surface area (Å²) in [6, 6.07) is 5.34. The van der Waals surface area contributed by atoms with Crippen molar-refractivity contribution in [2.24, 2.45) is 0 Å². The molecule has 2 rings (SSSR count). The first-order valence-electron chi connectivity index (χ1n) is 4.73. The van der Waals surface area contributed by atoms with Gasteiger partial charge in [0.2, 0.25) is 0 Å². The molecule has 0 aliphatic carbocycles. The van der Waals surface area contributed by atoms with Gasteiger partial charge in [-0.1, -0.05) is 12.1 Å². The zero-order chi connectivity index (χ0) is 11.9. The summed E-state index contributed by atoms with van der Waals surface area (Å²) < 4.78 is 0. The summed E-state index contributed by atoms with van der Waals surface area (Å²) in [6.07, 6.45) is 0. The Balaban J connectivity index is 2.53. The Bertz CT molecular complexity index is 495. The minimum Gasteiger partial charge on any atom is -0.480 e. The number of ketones is 1. The highest BCUT2D eigenvalue weighted by atomic mass is 16.4. The molecular weight excluding hydrogens is 210 g/mol. The number of carboxylic acid groups (broad SMARTS) is 1. The third-order valence-corrected chi connectivity index (χ3v) is 2.57. The number of carbonyl (C=O) groups is 3. The standard InChI is InChI=1S/C11H9NO4/c1-6(11(15)16)12-8-5-3-2-4-7(8)9(13)10(12)14/h2-6H,1H3,(H,15,16)/t6-/m1/s1. The van der Waals surface area contributed by atoms with Gasteiger partial charge in [-0.25, -0.2) is 4.79 Å². The van der Waals surface area contributed by atoms with Gasteiger partial charge >= 0.3 is 5.97 Å². The number of nitrogens with zero attached hydrogens (tertiary/aromatic N) is 1. The van der Waals surface area contributed by atoms with Crippen LogP contribution in [0.4, 0.5) is 5.69 Å². The van der Waals surface area contributed by atoms with Crippen molar-refractivity contribution in [3.05, 3.63) is 29.8 Å². The van der Waals surface area contributed by atoms with Gasteiger partial charge in [0.15, 0.2) is 0 Å². The second kappa shape index (κ2) is 3.44. The van der Waals surface area contributed by atoms with Crippen LogP contribution in [0.15, 0.2) is 24.3 Å². The fraction of sp³-hybridized carbons (Fsp3) is 0.182. The van der Waals surface area contributed by atoms with E-state index in [0.29, 0.717) is 5.69 Å². The molecule has 82 valence electrons. The Morgan fingerprint density at radius 2 is 1.94 bits per heavy atom. The number of carboxylic acids is 1.